The van der Waals surface area contributed by atoms with E-state index < -0.39 is 0 Å². The third-order valence-electron chi connectivity index (χ3n) is 3.70. The van der Waals surface area contributed by atoms with Gasteiger partial charge in [-0.2, -0.15) is 0 Å². The van der Waals surface area contributed by atoms with Gasteiger partial charge in [0, 0.05) is 24.2 Å². The maximum Gasteiger partial charge on any atom is 0.253 e. The summed E-state index contributed by atoms with van der Waals surface area (Å²) in [4.78, 5) is 16.9. The number of fused-ring (bicyclic) bond motifs is 1. The van der Waals surface area contributed by atoms with Crippen molar-refractivity contribution in [1.29, 1.82) is 0 Å². The Morgan fingerprint density at radius 1 is 1.14 bits per heavy atom. The molecule has 0 saturated carbocycles. The first-order chi connectivity index (χ1) is 10.2. The zero-order valence-corrected chi connectivity index (χ0v) is 12.9. The maximum absolute atomic E-state index is 12.5. The van der Waals surface area contributed by atoms with Crippen LogP contribution in [-0.2, 0) is 0 Å². The van der Waals surface area contributed by atoms with Gasteiger partial charge in [-0.1, -0.05) is 38.1 Å². The monoisotopic (exact) mass is 285 g/mol. The molecule has 0 fully saturated rings. The lowest BCUT2D eigenvalue weighted by Gasteiger charge is -2.16. The summed E-state index contributed by atoms with van der Waals surface area (Å²) >= 11 is 0. The van der Waals surface area contributed by atoms with Gasteiger partial charge in [-0.3, -0.25) is 4.79 Å². The average Bonchev–Trinajstić information content (AvgIpc) is 2.53. The molecule has 1 heterocycles. The van der Waals surface area contributed by atoms with Crippen molar-refractivity contribution in [2.24, 2.45) is 0 Å². The lowest BCUT2D eigenvalue weighted by Crippen LogP contribution is -2.34. The lowest BCUT2D eigenvalue weighted by molar-refractivity contribution is 0.0936. The fraction of sp³-hybridized carbons (Fsp3) is 0.412. The molecular weight excluding hydrogens is 262 g/mol. The summed E-state index contributed by atoms with van der Waals surface area (Å²) in [5, 5.41) is 8.23. The smallest absolute Gasteiger partial charge is 0.253 e. The Kier molecular flexibility index (Phi) is 5.14. The molecule has 0 unspecified atom stereocenters. The van der Waals surface area contributed by atoms with Gasteiger partial charge < -0.3 is 10.6 Å². The second-order valence-electron chi connectivity index (χ2n) is 5.08. The molecule has 2 aromatic rings. The molecule has 0 aliphatic heterocycles. The Hall–Kier alpha value is -2.10. The summed E-state index contributed by atoms with van der Waals surface area (Å²) in [5.41, 5.74) is 0.638. The third-order valence-corrected chi connectivity index (χ3v) is 3.70. The summed E-state index contributed by atoms with van der Waals surface area (Å²) in [5.74, 6) is 0.780. The molecule has 0 saturated heterocycles. The van der Waals surface area contributed by atoms with Crippen LogP contribution >= 0.6 is 0 Å². The number of benzene rings is 1. The molecule has 0 atom stereocenters. The third kappa shape index (κ3) is 3.32. The van der Waals surface area contributed by atoms with Crippen LogP contribution in [0.4, 0.5) is 5.82 Å². The van der Waals surface area contributed by atoms with Gasteiger partial charge in [0.15, 0.2) is 0 Å². The van der Waals surface area contributed by atoms with E-state index in [1.807, 2.05) is 31.2 Å². The van der Waals surface area contributed by atoms with Crippen LogP contribution < -0.4 is 10.6 Å². The molecular formula is C17H23N3O. The van der Waals surface area contributed by atoms with E-state index in [9.17, 15) is 4.79 Å². The zero-order valence-electron chi connectivity index (χ0n) is 12.9. The molecule has 0 aliphatic rings. The van der Waals surface area contributed by atoms with E-state index in [1.165, 1.54) is 0 Å². The highest BCUT2D eigenvalue weighted by atomic mass is 16.1. The minimum atomic E-state index is -0.0459. The van der Waals surface area contributed by atoms with Gasteiger partial charge in [0.2, 0.25) is 0 Å². The van der Waals surface area contributed by atoms with E-state index in [1.54, 1.807) is 6.20 Å². The van der Waals surface area contributed by atoms with Crippen molar-refractivity contribution in [3.05, 3.63) is 36.0 Å². The van der Waals surface area contributed by atoms with Crippen molar-refractivity contribution in [1.82, 2.24) is 10.3 Å². The summed E-state index contributed by atoms with van der Waals surface area (Å²) in [6, 6.07) is 8.09. The van der Waals surface area contributed by atoms with Gasteiger partial charge in [0.05, 0.1) is 5.56 Å². The molecule has 1 aromatic carbocycles. The maximum atomic E-state index is 12.5. The van der Waals surface area contributed by atoms with E-state index in [2.05, 4.69) is 29.5 Å². The first kappa shape index (κ1) is 15.3. The molecule has 1 amide bonds. The first-order valence-electron chi connectivity index (χ1n) is 7.63. The summed E-state index contributed by atoms with van der Waals surface area (Å²) < 4.78 is 0. The van der Waals surface area contributed by atoms with Crippen molar-refractivity contribution in [2.75, 3.05) is 11.9 Å². The van der Waals surface area contributed by atoms with Crippen LogP contribution in [0.2, 0.25) is 0 Å². The largest absolute Gasteiger partial charge is 0.370 e. The zero-order chi connectivity index (χ0) is 15.2. The predicted octanol–water partition coefficient (Wildman–Crippen LogP) is 3.59. The molecule has 112 valence electrons. The molecule has 0 bridgehead atoms. The molecule has 1 aromatic heterocycles. The molecule has 0 aliphatic carbocycles. The van der Waals surface area contributed by atoms with E-state index in [-0.39, 0.29) is 11.9 Å². The topological polar surface area (TPSA) is 54.0 Å². The molecule has 2 rings (SSSR count). The van der Waals surface area contributed by atoms with E-state index >= 15 is 0 Å². The summed E-state index contributed by atoms with van der Waals surface area (Å²) in [7, 11) is 0. The van der Waals surface area contributed by atoms with Crippen molar-refractivity contribution in [3.8, 4) is 0 Å². The molecule has 21 heavy (non-hydrogen) atoms. The van der Waals surface area contributed by atoms with Crippen LogP contribution in [0.5, 0.6) is 0 Å². The first-order valence-corrected chi connectivity index (χ1v) is 7.63. The van der Waals surface area contributed by atoms with Crippen LogP contribution in [0.3, 0.4) is 0 Å². The van der Waals surface area contributed by atoms with Crippen molar-refractivity contribution in [2.45, 2.75) is 39.7 Å². The number of carbonyl (C=O) groups excluding carboxylic acids is 1. The summed E-state index contributed by atoms with van der Waals surface area (Å²) in [6.07, 6.45) is 3.53. The normalized spacial score (nSPS) is 10.9. The van der Waals surface area contributed by atoms with E-state index in [4.69, 9.17) is 0 Å². The minimum Gasteiger partial charge on any atom is -0.370 e. The predicted molar refractivity (Wildman–Crippen MR) is 87.7 cm³/mol. The lowest BCUT2D eigenvalue weighted by atomic mass is 10.1. The van der Waals surface area contributed by atoms with Gasteiger partial charge in [-0.25, -0.2) is 4.98 Å². The standard InChI is InChI=1S/C17H23N3O/c1-4-12(5-2)20-17(21)15-11-19-16(18-6-3)14-10-8-7-9-13(14)15/h7-12H,4-6H2,1-3H3,(H,18,19)(H,20,21). The number of carbonyl (C=O) groups is 1. The van der Waals surface area contributed by atoms with Crippen molar-refractivity contribution < 1.29 is 4.79 Å². The van der Waals surface area contributed by atoms with Crippen molar-refractivity contribution >= 4 is 22.5 Å². The SMILES string of the molecule is CCNc1ncc(C(=O)NC(CC)CC)c2ccccc12. The van der Waals surface area contributed by atoms with Crippen LogP contribution in [0.15, 0.2) is 30.5 Å². The van der Waals surface area contributed by atoms with Crippen LogP contribution in [0, 0.1) is 0 Å². The number of amides is 1. The van der Waals surface area contributed by atoms with Crippen LogP contribution in [0.1, 0.15) is 44.0 Å². The fourth-order valence-electron chi connectivity index (χ4n) is 2.44. The highest BCUT2D eigenvalue weighted by Crippen LogP contribution is 2.24. The Morgan fingerprint density at radius 2 is 1.81 bits per heavy atom. The Morgan fingerprint density at radius 3 is 2.43 bits per heavy atom. The number of hydrogen-bond acceptors (Lipinski definition) is 3. The number of rotatable bonds is 6. The minimum absolute atomic E-state index is 0.0459. The quantitative estimate of drug-likeness (QED) is 0.853. The van der Waals surface area contributed by atoms with Crippen LogP contribution in [-0.4, -0.2) is 23.5 Å². The van der Waals surface area contributed by atoms with Crippen molar-refractivity contribution in [3.63, 3.8) is 0 Å². The number of aromatic nitrogens is 1. The van der Waals surface area contributed by atoms with Gasteiger partial charge in [-0.15, -0.1) is 0 Å². The van der Waals surface area contributed by atoms with Gasteiger partial charge >= 0.3 is 0 Å². The highest BCUT2D eigenvalue weighted by Gasteiger charge is 2.15. The Labute approximate surface area is 126 Å². The second-order valence-corrected chi connectivity index (χ2v) is 5.08. The fourth-order valence-corrected chi connectivity index (χ4v) is 2.44. The van der Waals surface area contributed by atoms with Gasteiger partial charge in [0.25, 0.3) is 5.91 Å². The molecule has 0 radical (unpaired) electrons. The van der Waals surface area contributed by atoms with Gasteiger partial charge in [-0.05, 0) is 25.2 Å². The van der Waals surface area contributed by atoms with E-state index in [0.717, 1.165) is 36.0 Å². The molecule has 4 heteroatoms. The molecule has 4 nitrogen and oxygen atoms in total. The number of hydrogen-bond donors (Lipinski definition) is 2. The average molecular weight is 285 g/mol. The number of nitrogens with zero attached hydrogens (tertiary/aromatic N) is 1. The van der Waals surface area contributed by atoms with Gasteiger partial charge in [0.1, 0.15) is 5.82 Å². The summed E-state index contributed by atoms with van der Waals surface area (Å²) in [6.45, 7) is 7.00. The van der Waals surface area contributed by atoms with E-state index in [0.29, 0.717) is 5.56 Å². The Balaban J connectivity index is 2.41. The van der Waals surface area contributed by atoms with Crippen LogP contribution in [0.25, 0.3) is 10.8 Å². The Bertz CT molecular complexity index is 620. The number of nitrogens with one attached hydrogen (secondary N) is 2. The molecule has 2 N–H and O–H groups in total. The number of anilines is 1. The molecule has 0 spiro atoms. The highest BCUT2D eigenvalue weighted by molar-refractivity contribution is 6.09. The second kappa shape index (κ2) is 7.07. The number of pyridine rings is 1.